The minimum atomic E-state index is -4.36. The first-order chi connectivity index (χ1) is 9.02. The van der Waals surface area contributed by atoms with Gasteiger partial charge in [0.05, 0.1) is 12.2 Å². The molecular weight excluding hydrogens is 257 g/mol. The van der Waals surface area contributed by atoms with Crippen molar-refractivity contribution in [3.63, 3.8) is 0 Å². The average Bonchev–Trinajstić information content (AvgIpc) is 2.89. The molecule has 0 atom stereocenters. The van der Waals surface area contributed by atoms with Gasteiger partial charge in [0.2, 0.25) is 0 Å². The fourth-order valence-corrected chi connectivity index (χ4v) is 2.53. The number of pyridine rings is 1. The summed E-state index contributed by atoms with van der Waals surface area (Å²) < 4.78 is 37.4. The third kappa shape index (κ3) is 3.37. The molecule has 1 saturated carbocycles. The SMILES string of the molecule is OCCN(c1ccc(C(F)(F)F)cn1)C1CCCC1. The predicted octanol–water partition coefficient (Wildman–Crippen LogP) is 2.84. The molecule has 0 spiro atoms. The molecule has 1 fully saturated rings. The Bertz CT molecular complexity index is 399. The first-order valence-corrected chi connectivity index (χ1v) is 6.43. The number of aromatic nitrogens is 1. The monoisotopic (exact) mass is 274 g/mol. The molecule has 1 aromatic rings. The fraction of sp³-hybridized carbons (Fsp3) is 0.615. The maximum atomic E-state index is 12.5. The van der Waals surface area contributed by atoms with Crippen LogP contribution < -0.4 is 4.90 Å². The van der Waals surface area contributed by atoms with Crippen molar-refractivity contribution in [1.82, 2.24) is 4.98 Å². The average molecular weight is 274 g/mol. The van der Waals surface area contributed by atoms with Gasteiger partial charge in [-0.2, -0.15) is 13.2 Å². The zero-order chi connectivity index (χ0) is 13.9. The number of anilines is 1. The zero-order valence-corrected chi connectivity index (χ0v) is 10.5. The molecular formula is C13H17F3N2O. The molecule has 1 heterocycles. The number of rotatable bonds is 4. The van der Waals surface area contributed by atoms with Gasteiger partial charge in [-0.3, -0.25) is 0 Å². The van der Waals surface area contributed by atoms with Crippen molar-refractivity contribution in [2.45, 2.75) is 37.9 Å². The fourth-order valence-electron chi connectivity index (χ4n) is 2.53. The minimum absolute atomic E-state index is 0.0286. The van der Waals surface area contributed by atoms with Gasteiger partial charge in [0.15, 0.2) is 0 Å². The lowest BCUT2D eigenvalue weighted by Gasteiger charge is -2.29. The molecule has 19 heavy (non-hydrogen) atoms. The highest BCUT2D eigenvalue weighted by atomic mass is 19.4. The van der Waals surface area contributed by atoms with Gasteiger partial charge in [-0.25, -0.2) is 4.98 Å². The van der Waals surface area contributed by atoms with E-state index in [9.17, 15) is 13.2 Å². The molecule has 1 aromatic heterocycles. The second-order valence-electron chi connectivity index (χ2n) is 4.76. The van der Waals surface area contributed by atoms with Crippen LogP contribution in [0.25, 0.3) is 0 Å². The molecule has 3 nitrogen and oxygen atoms in total. The number of aliphatic hydroxyl groups excluding tert-OH is 1. The minimum Gasteiger partial charge on any atom is -0.395 e. The molecule has 0 unspecified atom stereocenters. The van der Waals surface area contributed by atoms with Crippen LogP contribution in [0, 0.1) is 0 Å². The van der Waals surface area contributed by atoms with E-state index < -0.39 is 11.7 Å². The highest BCUT2D eigenvalue weighted by molar-refractivity contribution is 5.41. The lowest BCUT2D eigenvalue weighted by Crippen LogP contribution is -2.36. The van der Waals surface area contributed by atoms with Gasteiger partial charge in [-0.1, -0.05) is 12.8 Å². The predicted molar refractivity (Wildman–Crippen MR) is 65.9 cm³/mol. The number of hydrogen-bond donors (Lipinski definition) is 1. The largest absolute Gasteiger partial charge is 0.417 e. The van der Waals surface area contributed by atoms with E-state index in [1.54, 1.807) is 0 Å². The third-order valence-corrected chi connectivity index (χ3v) is 3.48. The lowest BCUT2D eigenvalue weighted by atomic mass is 10.2. The first-order valence-electron chi connectivity index (χ1n) is 6.43. The van der Waals surface area contributed by atoms with Crippen LogP contribution in [0.4, 0.5) is 19.0 Å². The van der Waals surface area contributed by atoms with E-state index in [4.69, 9.17) is 5.11 Å². The topological polar surface area (TPSA) is 36.4 Å². The van der Waals surface area contributed by atoms with Crippen molar-refractivity contribution in [2.75, 3.05) is 18.1 Å². The molecule has 1 N–H and O–H groups in total. The highest BCUT2D eigenvalue weighted by Crippen LogP contribution is 2.31. The second kappa shape index (κ2) is 5.77. The van der Waals surface area contributed by atoms with Crippen molar-refractivity contribution < 1.29 is 18.3 Å². The van der Waals surface area contributed by atoms with E-state index in [2.05, 4.69) is 4.98 Å². The van der Waals surface area contributed by atoms with E-state index in [0.717, 1.165) is 37.9 Å². The number of hydrogen-bond acceptors (Lipinski definition) is 3. The highest BCUT2D eigenvalue weighted by Gasteiger charge is 2.31. The summed E-state index contributed by atoms with van der Waals surface area (Å²) >= 11 is 0. The first kappa shape index (κ1) is 14.1. The summed E-state index contributed by atoms with van der Waals surface area (Å²) in [5.74, 6) is 0.508. The molecule has 0 radical (unpaired) electrons. The summed E-state index contributed by atoms with van der Waals surface area (Å²) in [5.41, 5.74) is -0.744. The maximum absolute atomic E-state index is 12.5. The molecule has 6 heteroatoms. The molecule has 106 valence electrons. The van der Waals surface area contributed by atoms with Crippen LogP contribution in [0.1, 0.15) is 31.2 Å². The van der Waals surface area contributed by atoms with Crippen LogP contribution in [0.15, 0.2) is 18.3 Å². The molecule has 1 aliphatic carbocycles. The third-order valence-electron chi connectivity index (χ3n) is 3.48. The van der Waals surface area contributed by atoms with Crippen LogP contribution in [0.5, 0.6) is 0 Å². The number of alkyl halides is 3. The molecule has 0 saturated heterocycles. The van der Waals surface area contributed by atoms with Gasteiger partial charge in [-0.05, 0) is 25.0 Å². The van der Waals surface area contributed by atoms with Gasteiger partial charge in [0.1, 0.15) is 5.82 Å². The second-order valence-corrected chi connectivity index (χ2v) is 4.76. The van der Waals surface area contributed by atoms with Crippen LogP contribution in [0.2, 0.25) is 0 Å². The van der Waals surface area contributed by atoms with Crippen molar-refractivity contribution in [3.05, 3.63) is 23.9 Å². The lowest BCUT2D eigenvalue weighted by molar-refractivity contribution is -0.137. The van der Waals surface area contributed by atoms with Crippen LogP contribution in [-0.4, -0.2) is 29.3 Å². The van der Waals surface area contributed by atoms with Gasteiger partial charge in [-0.15, -0.1) is 0 Å². The van der Waals surface area contributed by atoms with E-state index in [1.165, 1.54) is 6.07 Å². The summed E-state index contributed by atoms with van der Waals surface area (Å²) in [6, 6.07) is 2.70. The number of halogens is 3. The van der Waals surface area contributed by atoms with Crippen LogP contribution in [0.3, 0.4) is 0 Å². The normalized spacial score (nSPS) is 16.8. The summed E-state index contributed by atoms with van der Waals surface area (Å²) in [5, 5.41) is 9.09. The Morgan fingerprint density at radius 1 is 1.26 bits per heavy atom. The number of nitrogens with zero attached hydrogens (tertiary/aromatic N) is 2. The Labute approximate surface area is 110 Å². The summed E-state index contributed by atoms with van der Waals surface area (Å²) in [6.45, 7) is 0.377. The van der Waals surface area contributed by atoms with E-state index in [-0.39, 0.29) is 12.6 Å². The molecule has 1 aliphatic rings. The molecule has 2 rings (SSSR count). The molecule has 0 bridgehead atoms. The molecule has 0 aliphatic heterocycles. The van der Waals surface area contributed by atoms with Crippen molar-refractivity contribution in [2.24, 2.45) is 0 Å². The van der Waals surface area contributed by atoms with Gasteiger partial charge in [0.25, 0.3) is 0 Å². The Morgan fingerprint density at radius 3 is 2.42 bits per heavy atom. The van der Waals surface area contributed by atoms with Crippen LogP contribution in [-0.2, 0) is 6.18 Å². The smallest absolute Gasteiger partial charge is 0.395 e. The summed E-state index contributed by atoms with van der Waals surface area (Å²) in [4.78, 5) is 5.81. The molecule has 0 amide bonds. The zero-order valence-electron chi connectivity index (χ0n) is 10.5. The summed E-state index contributed by atoms with van der Waals surface area (Å²) in [7, 11) is 0. The van der Waals surface area contributed by atoms with Gasteiger partial charge in [0, 0.05) is 18.8 Å². The van der Waals surface area contributed by atoms with E-state index in [1.807, 2.05) is 4.90 Å². The van der Waals surface area contributed by atoms with E-state index >= 15 is 0 Å². The van der Waals surface area contributed by atoms with Gasteiger partial charge < -0.3 is 10.0 Å². The summed E-state index contributed by atoms with van der Waals surface area (Å²) in [6.07, 6.45) is 0.737. The maximum Gasteiger partial charge on any atom is 0.417 e. The standard InChI is InChI=1S/C13H17F3N2O/c14-13(15,16)10-5-6-12(17-9-10)18(7-8-19)11-3-1-2-4-11/h5-6,9,11,19H,1-4,7-8H2. The van der Waals surface area contributed by atoms with Crippen molar-refractivity contribution in [1.29, 1.82) is 0 Å². The van der Waals surface area contributed by atoms with Crippen LogP contribution >= 0.6 is 0 Å². The quantitative estimate of drug-likeness (QED) is 0.917. The van der Waals surface area contributed by atoms with Crippen molar-refractivity contribution in [3.8, 4) is 0 Å². The van der Waals surface area contributed by atoms with E-state index in [0.29, 0.717) is 12.4 Å². The Balaban J connectivity index is 2.17. The number of aliphatic hydroxyl groups is 1. The Kier molecular flexibility index (Phi) is 4.29. The Morgan fingerprint density at radius 2 is 1.95 bits per heavy atom. The Hall–Kier alpha value is -1.30. The molecule has 0 aromatic carbocycles. The van der Waals surface area contributed by atoms with Gasteiger partial charge >= 0.3 is 6.18 Å². The van der Waals surface area contributed by atoms with Crippen molar-refractivity contribution >= 4 is 5.82 Å².